The van der Waals surface area contributed by atoms with Crippen LogP contribution in [0.2, 0.25) is 0 Å². The van der Waals surface area contributed by atoms with Crippen LogP contribution in [0.4, 0.5) is 4.79 Å². The first-order valence-electron chi connectivity index (χ1n) is 8.12. The van der Waals surface area contributed by atoms with Crippen molar-refractivity contribution < 1.29 is 42.5 Å². The third-order valence-electron chi connectivity index (χ3n) is 4.51. The Morgan fingerprint density at radius 3 is 2.15 bits per heavy atom. The Labute approximate surface area is 155 Å². The zero-order valence-corrected chi connectivity index (χ0v) is 16.0. The topological polar surface area (TPSA) is 176 Å². The van der Waals surface area contributed by atoms with Gasteiger partial charge in [0.05, 0.1) is 16.9 Å². The van der Waals surface area contributed by atoms with Gasteiger partial charge in [-0.3, -0.25) is 9.59 Å². The molecule has 2 fully saturated rings. The maximum Gasteiger partial charge on any atom is 0.408 e. The quantitative estimate of drug-likeness (QED) is 0.444. The van der Waals surface area contributed by atoms with Crippen molar-refractivity contribution in [3.63, 3.8) is 0 Å². The van der Waals surface area contributed by atoms with Gasteiger partial charge < -0.3 is 25.6 Å². The van der Waals surface area contributed by atoms with Crippen LogP contribution in [0.15, 0.2) is 0 Å². The van der Waals surface area contributed by atoms with Gasteiger partial charge in [-0.05, 0) is 27.7 Å². The van der Waals surface area contributed by atoms with Crippen molar-refractivity contribution in [2.24, 2.45) is 11.8 Å². The van der Waals surface area contributed by atoms with E-state index in [1.165, 1.54) is 6.92 Å². The number of nitrogens with one attached hydrogen (secondary N) is 2. The van der Waals surface area contributed by atoms with Crippen molar-refractivity contribution in [3.05, 3.63) is 0 Å². The molecule has 1 aliphatic carbocycles. The third-order valence-corrected chi connectivity index (χ3v) is 6.78. The summed E-state index contributed by atoms with van der Waals surface area (Å²) in [6.45, 7) is 6.09. The standard InChI is InChI=1S/C15H22N2O9S/c1-6(16-13(23)26-14(2,3)4)10(18)17-15(12(21)22)5-27(24,25)9-7(8(9)15)11(19)20/h6-9H,5H2,1-4H3,(H,16,23)(H,17,18)(H,19,20)(H,21,22)/t6-,7-,8-,9+,15+/m1/s1. The van der Waals surface area contributed by atoms with Gasteiger partial charge in [0, 0.05) is 5.92 Å². The Bertz CT molecular complexity index is 801. The molecule has 2 amide bonds. The lowest BCUT2D eigenvalue weighted by atomic mass is 9.93. The minimum absolute atomic E-state index is 0.821. The van der Waals surface area contributed by atoms with E-state index in [4.69, 9.17) is 9.84 Å². The van der Waals surface area contributed by atoms with E-state index < -0.39 is 73.8 Å². The maximum atomic E-state index is 12.4. The van der Waals surface area contributed by atoms with Crippen LogP contribution >= 0.6 is 0 Å². The molecule has 0 aromatic carbocycles. The molecule has 5 atom stereocenters. The van der Waals surface area contributed by atoms with Crippen LogP contribution in [0.5, 0.6) is 0 Å². The fourth-order valence-electron chi connectivity index (χ4n) is 3.38. The van der Waals surface area contributed by atoms with E-state index in [0.29, 0.717) is 0 Å². The summed E-state index contributed by atoms with van der Waals surface area (Å²) in [4.78, 5) is 47.1. The highest BCUT2D eigenvalue weighted by atomic mass is 32.2. The first-order valence-corrected chi connectivity index (χ1v) is 9.83. The zero-order valence-electron chi connectivity index (χ0n) is 15.2. The first kappa shape index (κ1) is 20.9. The molecule has 27 heavy (non-hydrogen) atoms. The predicted octanol–water partition coefficient (Wildman–Crippen LogP) is -1.03. The molecule has 1 saturated carbocycles. The average Bonchev–Trinajstić information content (AvgIpc) is 3.15. The van der Waals surface area contributed by atoms with E-state index in [2.05, 4.69) is 10.6 Å². The van der Waals surface area contributed by atoms with Crippen molar-refractivity contribution in [2.75, 3.05) is 5.75 Å². The van der Waals surface area contributed by atoms with Gasteiger partial charge in [0.15, 0.2) is 15.4 Å². The Morgan fingerprint density at radius 2 is 1.74 bits per heavy atom. The van der Waals surface area contributed by atoms with Crippen LogP contribution in [0.25, 0.3) is 0 Å². The number of amides is 2. The van der Waals surface area contributed by atoms with Crippen molar-refractivity contribution >= 4 is 33.8 Å². The highest BCUT2D eigenvalue weighted by Crippen LogP contribution is 2.57. The van der Waals surface area contributed by atoms with Crippen LogP contribution < -0.4 is 10.6 Å². The Kier molecular flexibility index (Phi) is 4.93. The second-order valence-corrected chi connectivity index (χ2v) is 9.95. The number of alkyl carbamates (subject to hydrolysis) is 1. The third kappa shape index (κ3) is 3.84. The van der Waals surface area contributed by atoms with Crippen molar-refractivity contribution in [3.8, 4) is 0 Å². The summed E-state index contributed by atoms with van der Waals surface area (Å²) in [7, 11) is -4.00. The number of carbonyl (C=O) groups excluding carboxylic acids is 2. The van der Waals surface area contributed by atoms with Crippen LogP contribution in [-0.4, -0.2) is 70.8 Å². The number of fused-ring (bicyclic) bond motifs is 1. The molecule has 0 aromatic heterocycles. The van der Waals surface area contributed by atoms with Crippen LogP contribution in [0.3, 0.4) is 0 Å². The van der Waals surface area contributed by atoms with Gasteiger partial charge in [0.2, 0.25) is 5.91 Å². The van der Waals surface area contributed by atoms with Gasteiger partial charge in [0.25, 0.3) is 0 Å². The maximum absolute atomic E-state index is 12.4. The number of hydrogen-bond acceptors (Lipinski definition) is 7. The molecule has 4 N–H and O–H groups in total. The molecular weight excluding hydrogens is 384 g/mol. The minimum atomic E-state index is -4.00. The summed E-state index contributed by atoms with van der Waals surface area (Å²) in [5, 5.41) is 21.7. The molecule has 12 heteroatoms. The Balaban J connectivity index is 2.18. The largest absolute Gasteiger partial charge is 0.481 e. The smallest absolute Gasteiger partial charge is 0.408 e. The van der Waals surface area contributed by atoms with Gasteiger partial charge in [0.1, 0.15) is 11.6 Å². The van der Waals surface area contributed by atoms with Gasteiger partial charge in [-0.15, -0.1) is 0 Å². The molecule has 2 aliphatic rings. The fourth-order valence-corrected chi connectivity index (χ4v) is 6.08. The van der Waals surface area contributed by atoms with E-state index in [9.17, 15) is 32.7 Å². The number of carbonyl (C=O) groups is 4. The number of sulfone groups is 1. The molecule has 0 spiro atoms. The zero-order chi connectivity index (χ0) is 20.9. The summed E-state index contributed by atoms with van der Waals surface area (Å²) in [6.07, 6.45) is -0.915. The molecule has 1 heterocycles. The van der Waals surface area contributed by atoms with Crippen molar-refractivity contribution in [2.45, 2.75) is 50.1 Å². The number of ether oxygens (including phenoxy) is 1. The van der Waals surface area contributed by atoms with E-state index in [1.807, 2.05) is 0 Å². The summed E-state index contributed by atoms with van der Waals surface area (Å²) in [5.74, 6) is -7.60. The molecule has 0 aromatic rings. The summed E-state index contributed by atoms with van der Waals surface area (Å²) in [6, 6.07) is -1.24. The Hall–Kier alpha value is -2.37. The number of carboxylic acids is 2. The highest BCUT2D eigenvalue weighted by molar-refractivity contribution is 7.92. The number of aliphatic carboxylic acids is 2. The lowest BCUT2D eigenvalue weighted by Crippen LogP contribution is -2.62. The molecule has 152 valence electrons. The van der Waals surface area contributed by atoms with E-state index in [-0.39, 0.29) is 0 Å². The van der Waals surface area contributed by atoms with E-state index in [1.54, 1.807) is 20.8 Å². The van der Waals surface area contributed by atoms with Gasteiger partial charge >= 0.3 is 18.0 Å². The van der Waals surface area contributed by atoms with Gasteiger partial charge in [-0.25, -0.2) is 18.0 Å². The highest BCUT2D eigenvalue weighted by Gasteiger charge is 2.79. The molecule has 1 aliphatic heterocycles. The van der Waals surface area contributed by atoms with E-state index >= 15 is 0 Å². The first-order chi connectivity index (χ1) is 12.1. The van der Waals surface area contributed by atoms with Crippen LogP contribution in [0, 0.1) is 11.8 Å². The molecule has 0 bridgehead atoms. The Morgan fingerprint density at radius 1 is 1.19 bits per heavy atom. The van der Waals surface area contributed by atoms with Crippen LogP contribution in [0.1, 0.15) is 27.7 Å². The van der Waals surface area contributed by atoms with Gasteiger partial charge in [-0.1, -0.05) is 0 Å². The van der Waals surface area contributed by atoms with E-state index in [0.717, 1.165) is 0 Å². The number of rotatable bonds is 5. The minimum Gasteiger partial charge on any atom is -0.481 e. The average molecular weight is 406 g/mol. The molecular formula is C15H22N2O9S. The lowest BCUT2D eigenvalue weighted by molar-refractivity contribution is -0.148. The summed E-state index contributed by atoms with van der Waals surface area (Å²) in [5.41, 5.74) is -3.08. The number of carboxylic acid groups (broad SMARTS) is 2. The van der Waals surface area contributed by atoms with Crippen molar-refractivity contribution in [1.29, 1.82) is 0 Å². The second-order valence-electron chi connectivity index (χ2n) is 7.80. The normalized spacial score (nSPS) is 31.9. The lowest BCUT2D eigenvalue weighted by Gasteiger charge is -2.29. The molecule has 2 rings (SSSR count). The summed E-state index contributed by atoms with van der Waals surface area (Å²) >= 11 is 0. The molecule has 1 saturated heterocycles. The van der Waals surface area contributed by atoms with Crippen molar-refractivity contribution in [1.82, 2.24) is 10.6 Å². The van der Waals surface area contributed by atoms with Crippen LogP contribution in [-0.2, 0) is 29.0 Å². The fraction of sp³-hybridized carbons (Fsp3) is 0.733. The second kappa shape index (κ2) is 6.36. The molecule has 0 radical (unpaired) electrons. The number of hydrogen-bond donors (Lipinski definition) is 4. The molecule has 0 unspecified atom stereocenters. The summed E-state index contributed by atoms with van der Waals surface area (Å²) < 4.78 is 29.3. The SMILES string of the molecule is C[C@@H](NC(=O)OC(C)(C)C)C(=O)N[C@@]1(C(=O)O)CS(=O)(=O)[C@H]2[C@H](C(=O)O)[C@H]21. The van der Waals surface area contributed by atoms with Gasteiger partial charge in [-0.2, -0.15) is 0 Å². The monoisotopic (exact) mass is 406 g/mol. The predicted molar refractivity (Wildman–Crippen MR) is 89.5 cm³/mol. The molecule has 11 nitrogen and oxygen atoms in total.